The van der Waals surface area contributed by atoms with Gasteiger partial charge in [0.05, 0.1) is 30.6 Å². The van der Waals surface area contributed by atoms with Crippen LogP contribution in [0.15, 0.2) is 42.4 Å². The van der Waals surface area contributed by atoms with E-state index in [0.717, 1.165) is 31.5 Å². The van der Waals surface area contributed by atoms with Crippen LogP contribution >= 0.6 is 0 Å². The van der Waals surface area contributed by atoms with E-state index in [1.165, 1.54) is 11.1 Å². The first-order chi connectivity index (χ1) is 9.40. The molecule has 1 atom stereocenters. The van der Waals surface area contributed by atoms with Gasteiger partial charge in [-0.3, -0.25) is 0 Å². The van der Waals surface area contributed by atoms with E-state index in [0.29, 0.717) is 0 Å². The van der Waals surface area contributed by atoms with Gasteiger partial charge in [-0.05, 0) is 37.1 Å². The predicted octanol–water partition coefficient (Wildman–Crippen LogP) is 2.68. The smallest absolute Gasteiger partial charge is 0.0876 e. The third-order valence-electron chi connectivity index (χ3n) is 3.51. The summed E-state index contributed by atoms with van der Waals surface area (Å²) in [6.45, 7) is 3.88. The third kappa shape index (κ3) is 2.36. The molecule has 1 unspecified atom stereocenters. The Balaban J connectivity index is 2.01. The summed E-state index contributed by atoms with van der Waals surface area (Å²) in [5.74, 6) is 0. The lowest BCUT2D eigenvalue weighted by Crippen LogP contribution is -2.24. The molecular weight excluding hydrogens is 238 g/mol. The minimum atomic E-state index is 0.199. The Morgan fingerprint density at radius 2 is 2.42 bits per heavy atom. The number of nitrogens with one attached hydrogen (secondary N) is 1. The molecule has 0 amide bonds. The second-order valence-corrected chi connectivity index (χ2v) is 4.79. The number of aromatic nitrogens is 2. The van der Waals surface area contributed by atoms with Crippen molar-refractivity contribution in [3.8, 4) is 0 Å². The SMILES string of the molecule is CCNC(C1=COCCC1)c1cnn2ccccc12. The molecule has 3 rings (SSSR count). The first-order valence-electron chi connectivity index (χ1n) is 6.86. The molecule has 4 nitrogen and oxygen atoms in total. The standard InChI is InChI=1S/C15H19N3O/c1-2-16-15(12-6-5-9-19-11-12)13-10-17-18-8-4-3-7-14(13)18/h3-4,7-8,10-11,15-16H,2,5-6,9H2,1H3. The van der Waals surface area contributed by atoms with Crippen LogP contribution in [0.1, 0.15) is 31.4 Å². The van der Waals surface area contributed by atoms with Gasteiger partial charge in [0.1, 0.15) is 0 Å². The fourth-order valence-electron chi connectivity index (χ4n) is 2.62. The lowest BCUT2D eigenvalue weighted by atomic mass is 9.96. The molecule has 100 valence electrons. The summed E-state index contributed by atoms with van der Waals surface area (Å²) in [7, 11) is 0. The lowest BCUT2D eigenvalue weighted by molar-refractivity contribution is 0.219. The van der Waals surface area contributed by atoms with E-state index in [1.807, 2.05) is 29.2 Å². The number of ether oxygens (including phenoxy) is 1. The van der Waals surface area contributed by atoms with Crippen LogP contribution in [0.25, 0.3) is 5.52 Å². The summed E-state index contributed by atoms with van der Waals surface area (Å²) in [5.41, 5.74) is 3.69. The minimum absolute atomic E-state index is 0.199. The van der Waals surface area contributed by atoms with E-state index in [-0.39, 0.29) is 6.04 Å². The Hall–Kier alpha value is -1.81. The van der Waals surface area contributed by atoms with Gasteiger partial charge in [-0.25, -0.2) is 4.52 Å². The molecule has 1 N–H and O–H groups in total. The van der Waals surface area contributed by atoms with Gasteiger partial charge in [0.2, 0.25) is 0 Å². The molecule has 19 heavy (non-hydrogen) atoms. The molecule has 2 aromatic heterocycles. The van der Waals surface area contributed by atoms with Crippen molar-refractivity contribution in [1.29, 1.82) is 0 Å². The number of likely N-dealkylation sites (N-methyl/N-ethyl adjacent to an activating group) is 1. The number of nitrogens with zero attached hydrogens (tertiary/aromatic N) is 2. The van der Waals surface area contributed by atoms with Gasteiger partial charge in [-0.2, -0.15) is 5.10 Å². The molecule has 1 aliphatic heterocycles. The average Bonchev–Trinajstić information content (AvgIpc) is 2.89. The zero-order chi connectivity index (χ0) is 13.1. The number of hydrogen-bond donors (Lipinski definition) is 1. The van der Waals surface area contributed by atoms with Crippen LogP contribution in [0.2, 0.25) is 0 Å². The van der Waals surface area contributed by atoms with E-state index in [4.69, 9.17) is 4.74 Å². The Kier molecular flexibility index (Phi) is 3.51. The summed E-state index contributed by atoms with van der Waals surface area (Å²) in [5, 5.41) is 7.97. The maximum atomic E-state index is 5.49. The van der Waals surface area contributed by atoms with Crippen molar-refractivity contribution < 1.29 is 4.74 Å². The second kappa shape index (κ2) is 5.45. The Morgan fingerprint density at radius 3 is 3.21 bits per heavy atom. The topological polar surface area (TPSA) is 38.6 Å². The summed E-state index contributed by atoms with van der Waals surface area (Å²) in [6, 6.07) is 6.35. The van der Waals surface area contributed by atoms with E-state index >= 15 is 0 Å². The first-order valence-corrected chi connectivity index (χ1v) is 6.86. The molecular formula is C15H19N3O. The molecule has 0 aliphatic carbocycles. The van der Waals surface area contributed by atoms with Crippen LogP contribution in [-0.2, 0) is 4.74 Å². The molecule has 4 heteroatoms. The van der Waals surface area contributed by atoms with Crippen LogP contribution in [0.4, 0.5) is 0 Å². The molecule has 0 radical (unpaired) electrons. The van der Waals surface area contributed by atoms with Crippen LogP contribution in [0.5, 0.6) is 0 Å². The number of pyridine rings is 1. The van der Waals surface area contributed by atoms with Gasteiger partial charge in [0.15, 0.2) is 0 Å². The maximum Gasteiger partial charge on any atom is 0.0876 e. The summed E-state index contributed by atoms with van der Waals surface area (Å²) >= 11 is 0. The minimum Gasteiger partial charge on any atom is -0.501 e. The van der Waals surface area contributed by atoms with Crippen LogP contribution in [-0.4, -0.2) is 22.8 Å². The van der Waals surface area contributed by atoms with Crippen molar-refractivity contribution in [3.63, 3.8) is 0 Å². The molecule has 0 fully saturated rings. The number of fused-ring (bicyclic) bond motifs is 1. The Morgan fingerprint density at radius 1 is 1.47 bits per heavy atom. The highest BCUT2D eigenvalue weighted by Gasteiger charge is 2.21. The highest BCUT2D eigenvalue weighted by Crippen LogP contribution is 2.30. The van der Waals surface area contributed by atoms with Crippen molar-refractivity contribution >= 4 is 5.52 Å². The number of hydrogen-bond acceptors (Lipinski definition) is 3. The first kappa shape index (κ1) is 12.2. The maximum absolute atomic E-state index is 5.49. The van der Waals surface area contributed by atoms with Crippen LogP contribution in [0.3, 0.4) is 0 Å². The fraction of sp³-hybridized carbons (Fsp3) is 0.400. The van der Waals surface area contributed by atoms with Gasteiger partial charge in [-0.15, -0.1) is 0 Å². The summed E-state index contributed by atoms with van der Waals surface area (Å²) < 4.78 is 7.41. The highest BCUT2D eigenvalue weighted by molar-refractivity contribution is 5.56. The molecule has 0 saturated carbocycles. The molecule has 0 saturated heterocycles. The van der Waals surface area contributed by atoms with Gasteiger partial charge in [0, 0.05) is 11.8 Å². The van der Waals surface area contributed by atoms with Gasteiger partial charge < -0.3 is 10.1 Å². The van der Waals surface area contributed by atoms with E-state index in [2.05, 4.69) is 29.5 Å². The Labute approximate surface area is 113 Å². The van der Waals surface area contributed by atoms with E-state index in [9.17, 15) is 0 Å². The van der Waals surface area contributed by atoms with Crippen molar-refractivity contribution in [1.82, 2.24) is 14.9 Å². The average molecular weight is 257 g/mol. The monoisotopic (exact) mass is 257 g/mol. The molecule has 3 heterocycles. The molecule has 0 aromatic carbocycles. The molecule has 2 aromatic rings. The highest BCUT2D eigenvalue weighted by atomic mass is 16.5. The lowest BCUT2D eigenvalue weighted by Gasteiger charge is -2.23. The second-order valence-electron chi connectivity index (χ2n) is 4.79. The normalized spacial score (nSPS) is 17.0. The zero-order valence-electron chi connectivity index (χ0n) is 11.2. The predicted molar refractivity (Wildman–Crippen MR) is 74.9 cm³/mol. The van der Waals surface area contributed by atoms with Crippen molar-refractivity contribution in [2.75, 3.05) is 13.2 Å². The van der Waals surface area contributed by atoms with Crippen molar-refractivity contribution in [2.45, 2.75) is 25.8 Å². The number of rotatable bonds is 4. The van der Waals surface area contributed by atoms with Crippen molar-refractivity contribution in [2.24, 2.45) is 0 Å². The Bertz CT molecular complexity index is 588. The zero-order valence-corrected chi connectivity index (χ0v) is 11.2. The van der Waals surface area contributed by atoms with E-state index < -0.39 is 0 Å². The summed E-state index contributed by atoms with van der Waals surface area (Å²) in [6.07, 6.45) is 8.03. The van der Waals surface area contributed by atoms with Crippen molar-refractivity contribution in [3.05, 3.63) is 48.0 Å². The van der Waals surface area contributed by atoms with E-state index in [1.54, 1.807) is 0 Å². The largest absolute Gasteiger partial charge is 0.501 e. The van der Waals surface area contributed by atoms with Gasteiger partial charge >= 0.3 is 0 Å². The van der Waals surface area contributed by atoms with Gasteiger partial charge in [0.25, 0.3) is 0 Å². The third-order valence-corrected chi connectivity index (χ3v) is 3.51. The summed E-state index contributed by atoms with van der Waals surface area (Å²) in [4.78, 5) is 0. The van der Waals surface area contributed by atoms with Gasteiger partial charge in [-0.1, -0.05) is 13.0 Å². The quantitative estimate of drug-likeness (QED) is 0.915. The molecule has 0 bridgehead atoms. The molecule has 1 aliphatic rings. The molecule has 0 spiro atoms. The fourth-order valence-corrected chi connectivity index (χ4v) is 2.62. The van der Waals surface area contributed by atoms with Crippen LogP contribution in [0, 0.1) is 0 Å². The van der Waals surface area contributed by atoms with Crippen LogP contribution < -0.4 is 5.32 Å².